The first kappa shape index (κ1) is 19.3. The van der Waals surface area contributed by atoms with Crippen LogP contribution in [0.25, 0.3) is 0 Å². The fraction of sp³-hybridized carbons (Fsp3) is 0.300. The zero-order valence-electron chi connectivity index (χ0n) is 16.0. The van der Waals surface area contributed by atoms with Gasteiger partial charge in [-0.2, -0.15) is 0 Å². The van der Waals surface area contributed by atoms with E-state index in [2.05, 4.69) is 5.32 Å². The second-order valence-electron chi connectivity index (χ2n) is 6.11. The predicted octanol–water partition coefficient (Wildman–Crippen LogP) is 2.10. The molecule has 0 saturated heterocycles. The van der Waals surface area contributed by atoms with Crippen LogP contribution in [0, 0.1) is 0 Å². The van der Waals surface area contributed by atoms with Gasteiger partial charge in [0.15, 0.2) is 11.5 Å². The highest BCUT2D eigenvalue weighted by Gasteiger charge is 2.20. The molecule has 1 heterocycles. The first-order chi connectivity index (χ1) is 13.5. The Labute approximate surface area is 162 Å². The molecule has 0 spiro atoms. The van der Waals surface area contributed by atoms with Crippen LogP contribution in [-0.4, -0.2) is 39.4 Å². The molecule has 1 aliphatic heterocycles. The van der Waals surface area contributed by atoms with Gasteiger partial charge in [0.2, 0.25) is 18.6 Å². The minimum atomic E-state index is -0.308. The normalized spacial score (nSPS) is 11.7. The van der Waals surface area contributed by atoms with E-state index in [-0.39, 0.29) is 25.2 Å². The zero-order chi connectivity index (χ0) is 20.1. The summed E-state index contributed by atoms with van der Waals surface area (Å²) in [5.74, 6) is 1.77. The fourth-order valence-corrected chi connectivity index (χ4v) is 2.82. The van der Waals surface area contributed by atoms with Crippen molar-refractivity contribution in [3.8, 4) is 23.0 Å². The van der Waals surface area contributed by atoms with E-state index in [1.54, 1.807) is 24.3 Å². The number of carbonyl (C=O) groups excluding carboxylic acids is 2. The number of fused-ring (bicyclic) bond motifs is 1. The zero-order valence-corrected chi connectivity index (χ0v) is 16.0. The second kappa shape index (κ2) is 8.51. The molecule has 28 heavy (non-hydrogen) atoms. The molecule has 8 nitrogen and oxygen atoms in total. The average molecular weight is 386 g/mol. The molecule has 0 unspecified atom stereocenters. The van der Waals surface area contributed by atoms with E-state index in [1.807, 2.05) is 12.1 Å². The highest BCUT2D eigenvalue weighted by molar-refractivity contribution is 5.98. The summed E-state index contributed by atoms with van der Waals surface area (Å²) in [7, 11) is 3.03. The number of carbonyl (C=O) groups is 2. The molecular formula is C20H22N2O6. The minimum absolute atomic E-state index is 0.149. The topological polar surface area (TPSA) is 86.3 Å². The maximum absolute atomic E-state index is 12.5. The van der Waals surface area contributed by atoms with Crippen LogP contribution in [0.15, 0.2) is 36.4 Å². The quantitative estimate of drug-likeness (QED) is 0.784. The lowest BCUT2D eigenvalue weighted by Gasteiger charge is -2.23. The van der Waals surface area contributed by atoms with Gasteiger partial charge in [-0.05, 0) is 29.8 Å². The summed E-state index contributed by atoms with van der Waals surface area (Å²) in [6, 6.07) is 10.5. The maximum Gasteiger partial charge on any atom is 0.240 e. The molecule has 1 N–H and O–H groups in total. The van der Waals surface area contributed by atoms with Gasteiger partial charge in [-0.1, -0.05) is 6.07 Å². The van der Waals surface area contributed by atoms with Crippen LogP contribution in [0.1, 0.15) is 12.5 Å². The van der Waals surface area contributed by atoms with E-state index in [4.69, 9.17) is 18.9 Å². The third-order valence-electron chi connectivity index (χ3n) is 4.29. The molecule has 0 radical (unpaired) electrons. The molecule has 1 aliphatic rings. The fourth-order valence-electron chi connectivity index (χ4n) is 2.82. The van der Waals surface area contributed by atoms with E-state index < -0.39 is 0 Å². The molecule has 2 amide bonds. The van der Waals surface area contributed by atoms with E-state index >= 15 is 0 Å². The first-order valence-corrected chi connectivity index (χ1v) is 8.67. The standard InChI is InChI=1S/C20H22N2O6/c1-13(23)22(16-9-15(25-2)5-7-17(16)26-3)11-20(24)21-10-14-4-6-18-19(8-14)28-12-27-18/h4-9H,10-12H2,1-3H3,(H,21,24). The van der Waals surface area contributed by atoms with Crippen molar-refractivity contribution in [2.45, 2.75) is 13.5 Å². The Bertz CT molecular complexity index is 883. The monoisotopic (exact) mass is 386 g/mol. The lowest BCUT2D eigenvalue weighted by Crippen LogP contribution is -2.39. The van der Waals surface area contributed by atoms with Crippen LogP contribution in [0.2, 0.25) is 0 Å². The number of ether oxygens (including phenoxy) is 4. The Hall–Kier alpha value is -3.42. The number of rotatable bonds is 7. The smallest absolute Gasteiger partial charge is 0.240 e. The molecule has 0 aromatic heterocycles. The van der Waals surface area contributed by atoms with Gasteiger partial charge in [0.25, 0.3) is 0 Å². The van der Waals surface area contributed by atoms with Crippen LogP contribution in [-0.2, 0) is 16.1 Å². The second-order valence-corrected chi connectivity index (χ2v) is 6.11. The Morgan fingerprint density at radius 2 is 1.86 bits per heavy atom. The van der Waals surface area contributed by atoms with Gasteiger partial charge in [-0.15, -0.1) is 0 Å². The van der Waals surface area contributed by atoms with Crippen LogP contribution in [0.5, 0.6) is 23.0 Å². The number of hydrogen-bond acceptors (Lipinski definition) is 6. The highest BCUT2D eigenvalue weighted by atomic mass is 16.7. The lowest BCUT2D eigenvalue weighted by molar-refractivity contribution is -0.123. The Kier molecular flexibility index (Phi) is 5.88. The summed E-state index contributed by atoms with van der Waals surface area (Å²) in [6.07, 6.45) is 0. The van der Waals surface area contributed by atoms with Gasteiger partial charge in [-0.25, -0.2) is 0 Å². The minimum Gasteiger partial charge on any atom is -0.497 e. The van der Waals surface area contributed by atoms with Gasteiger partial charge >= 0.3 is 0 Å². The van der Waals surface area contributed by atoms with Crippen LogP contribution in [0.4, 0.5) is 5.69 Å². The molecule has 3 rings (SSSR count). The van der Waals surface area contributed by atoms with Crippen LogP contribution < -0.4 is 29.2 Å². The van der Waals surface area contributed by atoms with E-state index in [9.17, 15) is 9.59 Å². The van der Waals surface area contributed by atoms with E-state index in [0.717, 1.165) is 5.56 Å². The Balaban J connectivity index is 1.69. The predicted molar refractivity (Wildman–Crippen MR) is 102 cm³/mol. The van der Waals surface area contributed by atoms with E-state index in [1.165, 1.54) is 26.0 Å². The first-order valence-electron chi connectivity index (χ1n) is 8.67. The van der Waals surface area contributed by atoms with Crippen molar-refractivity contribution in [3.63, 3.8) is 0 Å². The van der Waals surface area contributed by atoms with Gasteiger partial charge in [-0.3, -0.25) is 14.5 Å². The largest absolute Gasteiger partial charge is 0.497 e. The number of nitrogens with one attached hydrogen (secondary N) is 1. The van der Waals surface area contributed by atoms with Crippen molar-refractivity contribution in [1.82, 2.24) is 5.32 Å². The molecule has 0 saturated carbocycles. The third-order valence-corrected chi connectivity index (χ3v) is 4.29. The maximum atomic E-state index is 12.5. The van der Waals surface area contributed by atoms with Crippen molar-refractivity contribution in [2.75, 3.05) is 32.5 Å². The number of methoxy groups -OCH3 is 2. The third kappa shape index (κ3) is 4.28. The SMILES string of the molecule is COc1ccc(OC)c(N(CC(=O)NCc2ccc3c(c2)OCO3)C(C)=O)c1. The molecule has 0 aliphatic carbocycles. The van der Waals surface area contributed by atoms with Gasteiger partial charge < -0.3 is 24.3 Å². The van der Waals surface area contributed by atoms with Crippen molar-refractivity contribution in [1.29, 1.82) is 0 Å². The molecule has 0 atom stereocenters. The summed E-state index contributed by atoms with van der Waals surface area (Å²) in [5, 5.41) is 2.81. The Morgan fingerprint density at radius 3 is 2.57 bits per heavy atom. The number of amides is 2. The molecule has 148 valence electrons. The molecule has 8 heteroatoms. The number of nitrogens with zero attached hydrogens (tertiary/aromatic N) is 1. The number of anilines is 1. The Morgan fingerprint density at radius 1 is 1.07 bits per heavy atom. The van der Waals surface area contributed by atoms with Crippen molar-refractivity contribution < 1.29 is 28.5 Å². The van der Waals surface area contributed by atoms with Gasteiger partial charge in [0, 0.05) is 19.5 Å². The lowest BCUT2D eigenvalue weighted by atomic mass is 10.2. The summed E-state index contributed by atoms with van der Waals surface area (Å²) >= 11 is 0. The van der Waals surface area contributed by atoms with Crippen LogP contribution in [0.3, 0.4) is 0 Å². The summed E-state index contributed by atoms with van der Waals surface area (Å²) in [5.41, 5.74) is 1.33. The number of benzene rings is 2. The van der Waals surface area contributed by atoms with Crippen LogP contribution >= 0.6 is 0 Å². The van der Waals surface area contributed by atoms with Gasteiger partial charge in [0.1, 0.15) is 18.0 Å². The summed E-state index contributed by atoms with van der Waals surface area (Å²) in [6.45, 7) is 1.74. The molecule has 0 fully saturated rings. The van der Waals surface area contributed by atoms with Crippen molar-refractivity contribution in [2.24, 2.45) is 0 Å². The molecule has 2 aromatic rings. The molecular weight excluding hydrogens is 364 g/mol. The van der Waals surface area contributed by atoms with E-state index in [0.29, 0.717) is 35.2 Å². The molecule has 0 bridgehead atoms. The summed E-state index contributed by atoms with van der Waals surface area (Å²) < 4.78 is 21.1. The van der Waals surface area contributed by atoms with Gasteiger partial charge in [0.05, 0.1) is 19.9 Å². The van der Waals surface area contributed by atoms with Crippen molar-refractivity contribution in [3.05, 3.63) is 42.0 Å². The highest BCUT2D eigenvalue weighted by Crippen LogP contribution is 2.33. The molecule has 2 aromatic carbocycles. The van der Waals surface area contributed by atoms with Crippen molar-refractivity contribution >= 4 is 17.5 Å². The average Bonchev–Trinajstić information content (AvgIpc) is 3.17. The summed E-state index contributed by atoms with van der Waals surface area (Å²) in [4.78, 5) is 26.0. The number of hydrogen-bond donors (Lipinski definition) is 1.